The summed E-state index contributed by atoms with van der Waals surface area (Å²) in [5.74, 6) is 0. The summed E-state index contributed by atoms with van der Waals surface area (Å²) in [5, 5.41) is 4.19. The second-order valence-corrected chi connectivity index (χ2v) is 11.5. The molecule has 0 spiro atoms. The Kier molecular flexibility index (Phi) is 7.40. The van der Waals surface area contributed by atoms with Crippen LogP contribution >= 0.6 is 7.26 Å². The lowest BCUT2D eigenvalue weighted by Crippen LogP contribution is -3.00. The molecular formula is C31H26ClP. The fourth-order valence-corrected chi connectivity index (χ4v) is 9.75. The third-order valence-corrected chi connectivity index (χ3v) is 10.8. The quantitative estimate of drug-likeness (QED) is 0.336. The molecule has 0 bridgehead atoms. The van der Waals surface area contributed by atoms with Crippen molar-refractivity contribution in [1.82, 2.24) is 0 Å². The third kappa shape index (κ3) is 4.38. The van der Waals surface area contributed by atoms with E-state index in [0.717, 1.165) is 0 Å². The summed E-state index contributed by atoms with van der Waals surface area (Å²) in [4.78, 5) is 0. The maximum atomic E-state index is 2.33. The van der Waals surface area contributed by atoms with Crippen molar-refractivity contribution in [1.29, 1.82) is 0 Å². The van der Waals surface area contributed by atoms with Gasteiger partial charge in [0.25, 0.3) is 0 Å². The first-order chi connectivity index (χ1) is 15.9. The van der Waals surface area contributed by atoms with Crippen LogP contribution in [0.5, 0.6) is 0 Å². The fraction of sp³-hybridized carbons (Fsp3) is 0.0323. The Morgan fingerprint density at radius 3 is 0.848 bits per heavy atom. The van der Waals surface area contributed by atoms with Crippen LogP contribution in [0.25, 0.3) is 0 Å². The van der Waals surface area contributed by atoms with Gasteiger partial charge >= 0.3 is 0 Å². The SMILES string of the molecule is [Cl-].c1ccc(C(c2ccccc2)[P+](c2ccccc2)(c2ccccc2)c2ccccc2)cc1. The summed E-state index contributed by atoms with van der Waals surface area (Å²) in [5.41, 5.74) is 2.91. The van der Waals surface area contributed by atoms with E-state index in [1.54, 1.807) is 0 Å². The molecule has 0 radical (unpaired) electrons. The van der Waals surface area contributed by atoms with Crippen molar-refractivity contribution in [2.75, 3.05) is 0 Å². The molecule has 5 aromatic rings. The molecule has 5 aromatic carbocycles. The molecule has 0 aliphatic rings. The lowest BCUT2D eigenvalue weighted by molar-refractivity contribution is -0.00000611. The van der Waals surface area contributed by atoms with Crippen molar-refractivity contribution in [3.63, 3.8) is 0 Å². The minimum Gasteiger partial charge on any atom is -1.00 e. The molecule has 0 aliphatic carbocycles. The van der Waals surface area contributed by atoms with E-state index in [4.69, 9.17) is 0 Å². The largest absolute Gasteiger partial charge is 1.00 e. The molecule has 5 rings (SSSR count). The van der Waals surface area contributed by atoms with Crippen LogP contribution in [0.3, 0.4) is 0 Å². The van der Waals surface area contributed by atoms with Crippen LogP contribution in [0.2, 0.25) is 0 Å². The van der Waals surface area contributed by atoms with Crippen molar-refractivity contribution in [2.45, 2.75) is 5.66 Å². The average Bonchev–Trinajstić information content (AvgIpc) is 2.90. The Morgan fingerprint density at radius 1 is 0.333 bits per heavy atom. The van der Waals surface area contributed by atoms with Crippen LogP contribution in [0, 0.1) is 0 Å². The van der Waals surface area contributed by atoms with E-state index in [1.807, 2.05) is 0 Å². The molecule has 0 saturated heterocycles. The Labute approximate surface area is 203 Å². The van der Waals surface area contributed by atoms with Gasteiger partial charge in [-0.05, 0) is 47.5 Å². The van der Waals surface area contributed by atoms with E-state index >= 15 is 0 Å². The summed E-state index contributed by atoms with van der Waals surface area (Å²) >= 11 is 0. The number of hydrogen-bond donors (Lipinski definition) is 0. The van der Waals surface area contributed by atoms with Gasteiger partial charge in [0, 0.05) is 0 Å². The summed E-state index contributed by atoms with van der Waals surface area (Å²) in [6, 6.07) is 55.5. The first-order valence-corrected chi connectivity index (χ1v) is 12.9. The maximum Gasteiger partial charge on any atom is 0.133 e. The van der Waals surface area contributed by atoms with Gasteiger partial charge in [0.2, 0.25) is 0 Å². The fourth-order valence-electron chi connectivity index (χ4n) is 4.79. The molecule has 0 heterocycles. The zero-order chi connectivity index (χ0) is 21.6. The van der Waals surface area contributed by atoms with Crippen LogP contribution in [0.15, 0.2) is 152 Å². The second kappa shape index (κ2) is 10.6. The van der Waals surface area contributed by atoms with Gasteiger partial charge in [-0.1, -0.05) is 115 Å². The maximum absolute atomic E-state index is 2.33. The molecule has 33 heavy (non-hydrogen) atoms. The van der Waals surface area contributed by atoms with Crippen LogP contribution in [-0.2, 0) is 0 Å². The normalized spacial score (nSPS) is 11.1. The first kappa shape index (κ1) is 23.0. The van der Waals surface area contributed by atoms with Crippen molar-refractivity contribution in [3.8, 4) is 0 Å². The molecule has 162 valence electrons. The van der Waals surface area contributed by atoms with Gasteiger partial charge < -0.3 is 12.4 Å². The zero-order valence-electron chi connectivity index (χ0n) is 18.3. The predicted molar refractivity (Wildman–Crippen MR) is 140 cm³/mol. The van der Waals surface area contributed by atoms with Crippen molar-refractivity contribution in [2.24, 2.45) is 0 Å². The van der Waals surface area contributed by atoms with E-state index in [2.05, 4.69) is 152 Å². The monoisotopic (exact) mass is 464 g/mol. The lowest BCUT2D eigenvalue weighted by Gasteiger charge is -2.35. The lowest BCUT2D eigenvalue weighted by atomic mass is 10.0. The second-order valence-electron chi connectivity index (χ2n) is 7.95. The van der Waals surface area contributed by atoms with Crippen LogP contribution in [0.4, 0.5) is 0 Å². The molecule has 2 heteroatoms. The van der Waals surface area contributed by atoms with Crippen molar-refractivity contribution >= 4 is 23.2 Å². The summed E-state index contributed by atoms with van der Waals surface area (Å²) < 4.78 is 0. The molecular weight excluding hydrogens is 439 g/mol. The minimum absolute atomic E-state index is 0. The Balaban J connectivity index is 0.00000259. The highest BCUT2D eigenvalue weighted by atomic mass is 35.5. The molecule has 0 saturated carbocycles. The Hall–Kier alpha value is -3.18. The van der Waals surface area contributed by atoms with Crippen LogP contribution < -0.4 is 28.3 Å². The van der Waals surface area contributed by atoms with Gasteiger partial charge in [0.1, 0.15) is 28.8 Å². The molecule has 0 amide bonds. The van der Waals surface area contributed by atoms with E-state index in [9.17, 15) is 0 Å². The van der Waals surface area contributed by atoms with E-state index in [0.29, 0.717) is 0 Å². The Morgan fingerprint density at radius 2 is 0.576 bits per heavy atom. The number of halogens is 1. The summed E-state index contributed by atoms with van der Waals surface area (Å²) in [6.07, 6.45) is 0. The summed E-state index contributed by atoms with van der Waals surface area (Å²) in [6.45, 7) is 0. The van der Waals surface area contributed by atoms with Crippen molar-refractivity contribution < 1.29 is 12.4 Å². The summed E-state index contributed by atoms with van der Waals surface area (Å²) in [7, 11) is -2.11. The standard InChI is InChI=1S/C31H26P.ClH/c1-6-16-26(17-7-1)31(27-18-8-2-9-19-27)32(28-20-10-3-11-21-28,29-22-12-4-13-23-29)30-24-14-5-15-25-30;/h1-25,31H;1H/q+1;/p-1. The molecule has 0 N–H and O–H groups in total. The average molecular weight is 465 g/mol. The van der Waals surface area contributed by atoms with Crippen LogP contribution in [0.1, 0.15) is 16.8 Å². The molecule has 0 nitrogen and oxygen atoms in total. The van der Waals surface area contributed by atoms with Gasteiger partial charge in [-0.3, -0.25) is 0 Å². The predicted octanol–water partition coefficient (Wildman–Crippen LogP) is 3.77. The van der Waals surface area contributed by atoms with E-state index in [-0.39, 0.29) is 18.1 Å². The topological polar surface area (TPSA) is 0 Å². The molecule has 0 unspecified atom stereocenters. The van der Waals surface area contributed by atoms with Gasteiger partial charge in [0.05, 0.1) is 0 Å². The highest BCUT2D eigenvalue weighted by Gasteiger charge is 2.53. The highest BCUT2D eigenvalue weighted by Crippen LogP contribution is 2.68. The third-order valence-electron chi connectivity index (χ3n) is 6.11. The van der Waals surface area contributed by atoms with Crippen molar-refractivity contribution in [3.05, 3.63) is 163 Å². The molecule has 0 atom stereocenters. The molecule has 0 aliphatic heterocycles. The van der Waals surface area contributed by atoms with Gasteiger partial charge in [-0.2, -0.15) is 0 Å². The van der Waals surface area contributed by atoms with Gasteiger partial charge in [-0.15, -0.1) is 0 Å². The minimum atomic E-state index is -2.11. The van der Waals surface area contributed by atoms with Gasteiger partial charge in [0.15, 0.2) is 0 Å². The number of benzene rings is 5. The van der Waals surface area contributed by atoms with E-state index < -0.39 is 7.26 Å². The first-order valence-electron chi connectivity index (χ1n) is 11.1. The Bertz CT molecular complexity index is 1110. The smallest absolute Gasteiger partial charge is 0.133 e. The van der Waals surface area contributed by atoms with E-state index in [1.165, 1.54) is 27.0 Å². The molecule has 0 aromatic heterocycles. The number of rotatable bonds is 6. The van der Waals surface area contributed by atoms with Gasteiger partial charge in [-0.25, -0.2) is 0 Å². The highest BCUT2D eigenvalue weighted by molar-refractivity contribution is 7.96. The number of hydrogen-bond acceptors (Lipinski definition) is 0. The zero-order valence-corrected chi connectivity index (χ0v) is 20.0. The van der Waals surface area contributed by atoms with Crippen LogP contribution in [-0.4, -0.2) is 0 Å². The molecule has 0 fully saturated rings.